The molecule has 2 aromatic carbocycles. The van der Waals surface area contributed by atoms with E-state index in [1.165, 1.54) is 12.1 Å². The minimum absolute atomic E-state index is 0.299. The van der Waals surface area contributed by atoms with Crippen LogP contribution in [0.15, 0.2) is 54.6 Å². The molecular weight excluding hydrogens is 317 g/mol. The molecule has 3 nitrogen and oxygen atoms in total. The van der Waals surface area contributed by atoms with Gasteiger partial charge in [0.2, 0.25) is 0 Å². The van der Waals surface area contributed by atoms with Crippen molar-refractivity contribution in [2.75, 3.05) is 0 Å². The summed E-state index contributed by atoms with van der Waals surface area (Å²) in [6, 6.07) is 14.1. The lowest BCUT2D eigenvalue weighted by molar-refractivity contribution is -0.131. The first-order valence-electron chi connectivity index (χ1n) is 8.23. The molecule has 0 bridgehead atoms. The fourth-order valence-corrected chi connectivity index (χ4v) is 3.16. The summed E-state index contributed by atoms with van der Waals surface area (Å²) >= 11 is 0. The molecule has 3 aromatic rings. The minimum atomic E-state index is -1.00. The molecule has 25 heavy (non-hydrogen) atoms. The molecule has 1 heterocycles. The molecule has 0 atom stereocenters. The van der Waals surface area contributed by atoms with Crippen molar-refractivity contribution in [1.82, 2.24) is 4.98 Å². The van der Waals surface area contributed by atoms with Gasteiger partial charge in [0.15, 0.2) is 0 Å². The van der Waals surface area contributed by atoms with Crippen molar-refractivity contribution >= 4 is 22.9 Å². The number of hydrogen-bond acceptors (Lipinski definition) is 2. The molecule has 124 valence electrons. The maximum atomic E-state index is 13.4. The van der Waals surface area contributed by atoms with Crippen LogP contribution >= 0.6 is 0 Å². The summed E-state index contributed by atoms with van der Waals surface area (Å²) in [7, 11) is 0. The summed E-state index contributed by atoms with van der Waals surface area (Å²) in [5, 5.41) is 10.0. The van der Waals surface area contributed by atoms with Gasteiger partial charge in [-0.05, 0) is 42.7 Å². The van der Waals surface area contributed by atoms with Crippen LogP contribution in [0.1, 0.15) is 30.0 Å². The number of halogens is 1. The van der Waals surface area contributed by atoms with E-state index in [1.807, 2.05) is 24.3 Å². The SMILES string of the molecule is O=C(O)C=Cc1c(C2CC2)nc2ccccc2c1-c1ccc(F)cc1. The Kier molecular flexibility index (Phi) is 3.80. The van der Waals surface area contributed by atoms with Crippen molar-refractivity contribution in [3.05, 3.63) is 71.7 Å². The van der Waals surface area contributed by atoms with Crippen molar-refractivity contribution in [3.8, 4) is 11.1 Å². The van der Waals surface area contributed by atoms with Gasteiger partial charge in [-0.3, -0.25) is 4.98 Å². The monoisotopic (exact) mass is 333 g/mol. The quantitative estimate of drug-likeness (QED) is 0.682. The summed E-state index contributed by atoms with van der Waals surface area (Å²) in [6.45, 7) is 0. The third-order valence-electron chi connectivity index (χ3n) is 4.45. The third-order valence-corrected chi connectivity index (χ3v) is 4.45. The van der Waals surface area contributed by atoms with Gasteiger partial charge in [-0.2, -0.15) is 0 Å². The summed E-state index contributed by atoms with van der Waals surface area (Å²) in [5.74, 6) is -0.940. The number of benzene rings is 2. The second-order valence-electron chi connectivity index (χ2n) is 6.26. The van der Waals surface area contributed by atoms with E-state index < -0.39 is 5.97 Å². The highest BCUT2D eigenvalue weighted by molar-refractivity contribution is 6.00. The maximum Gasteiger partial charge on any atom is 0.328 e. The highest BCUT2D eigenvalue weighted by Gasteiger charge is 2.29. The lowest BCUT2D eigenvalue weighted by Gasteiger charge is -2.15. The number of rotatable bonds is 4. The normalized spacial score (nSPS) is 14.3. The largest absolute Gasteiger partial charge is 0.478 e. The van der Waals surface area contributed by atoms with Crippen LogP contribution in [-0.4, -0.2) is 16.1 Å². The number of aromatic nitrogens is 1. The van der Waals surface area contributed by atoms with Crippen molar-refractivity contribution in [2.24, 2.45) is 0 Å². The summed E-state index contributed by atoms with van der Waals surface area (Å²) in [5.41, 5.74) is 4.37. The minimum Gasteiger partial charge on any atom is -0.478 e. The van der Waals surface area contributed by atoms with Crippen LogP contribution in [0, 0.1) is 5.82 Å². The van der Waals surface area contributed by atoms with Gasteiger partial charge in [0.25, 0.3) is 0 Å². The number of fused-ring (bicyclic) bond motifs is 1. The molecule has 1 aliphatic carbocycles. The van der Waals surface area contributed by atoms with E-state index in [9.17, 15) is 9.18 Å². The predicted molar refractivity (Wildman–Crippen MR) is 95.8 cm³/mol. The number of pyridine rings is 1. The van der Waals surface area contributed by atoms with E-state index in [0.29, 0.717) is 5.92 Å². The van der Waals surface area contributed by atoms with Crippen LogP contribution in [0.25, 0.3) is 28.1 Å². The summed E-state index contributed by atoms with van der Waals surface area (Å²) in [4.78, 5) is 15.9. The van der Waals surface area contributed by atoms with Crippen LogP contribution in [0.4, 0.5) is 4.39 Å². The Labute approximate surface area is 144 Å². The van der Waals surface area contributed by atoms with Crippen LogP contribution in [0.5, 0.6) is 0 Å². The molecular formula is C21H16FNO2. The van der Waals surface area contributed by atoms with E-state index in [0.717, 1.165) is 52.2 Å². The van der Waals surface area contributed by atoms with Gasteiger partial charge in [-0.1, -0.05) is 30.3 Å². The Morgan fingerprint density at radius 1 is 1.12 bits per heavy atom. The fourth-order valence-electron chi connectivity index (χ4n) is 3.16. The lowest BCUT2D eigenvalue weighted by Crippen LogP contribution is -1.99. The molecule has 0 aliphatic heterocycles. The van der Waals surface area contributed by atoms with Crippen LogP contribution < -0.4 is 0 Å². The van der Waals surface area contributed by atoms with Crippen molar-refractivity contribution in [3.63, 3.8) is 0 Å². The Balaban J connectivity index is 2.06. The van der Waals surface area contributed by atoms with E-state index >= 15 is 0 Å². The molecule has 1 aromatic heterocycles. The molecule has 4 heteroatoms. The molecule has 4 rings (SSSR count). The molecule has 1 aliphatic rings. The number of carboxylic acid groups (broad SMARTS) is 1. The number of carbonyl (C=O) groups is 1. The topological polar surface area (TPSA) is 50.2 Å². The van der Waals surface area contributed by atoms with Crippen LogP contribution in [0.3, 0.4) is 0 Å². The number of nitrogens with zero attached hydrogens (tertiary/aromatic N) is 1. The van der Waals surface area contributed by atoms with Gasteiger partial charge in [0.1, 0.15) is 5.82 Å². The number of carboxylic acids is 1. The molecule has 1 N–H and O–H groups in total. The molecule has 0 amide bonds. The maximum absolute atomic E-state index is 13.4. The summed E-state index contributed by atoms with van der Waals surface area (Å²) in [6.07, 6.45) is 4.88. The zero-order valence-electron chi connectivity index (χ0n) is 13.4. The van der Waals surface area contributed by atoms with Gasteiger partial charge >= 0.3 is 5.97 Å². The first kappa shape index (κ1) is 15.5. The van der Waals surface area contributed by atoms with Gasteiger partial charge in [0.05, 0.1) is 11.2 Å². The van der Waals surface area contributed by atoms with E-state index in [1.54, 1.807) is 18.2 Å². The Hall–Kier alpha value is -3.01. The van der Waals surface area contributed by atoms with E-state index in [2.05, 4.69) is 0 Å². The van der Waals surface area contributed by atoms with Crippen molar-refractivity contribution in [2.45, 2.75) is 18.8 Å². The molecule has 1 fully saturated rings. The van der Waals surface area contributed by atoms with Gasteiger partial charge in [-0.15, -0.1) is 0 Å². The standard InChI is InChI=1S/C21H16FNO2/c22-15-9-7-13(8-10-15)20-16-3-1-2-4-18(16)23-21(14-5-6-14)17(20)11-12-19(24)25/h1-4,7-12,14H,5-6H2,(H,24,25). The number of para-hydroxylation sites is 1. The molecule has 0 unspecified atom stereocenters. The molecule has 1 saturated carbocycles. The Bertz CT molecular complexity index is 989. The fraction of sp³-hybridized carbons (Fsp3) is 0.143. The van der Waals surface area contributed by atoms with Crippen LogP contribution in [0.2, 0.25) is 0 Å². The zero-order chi connectivity index (χ0) is 17.4. The number of aliphatic carboxylic acids is 1. The van der Waals surface area contributed by atoms with Crippen LogP contribution in [-0.2, 0) is 4.79 Å². The third kappa shape index (κ3) is 3.03. The predicted octanol–water partition coefficient (Wildman–Crippen LogP) is 5.02. The van der Waals surface area contributed by atoms with E-state index in [4.69, 9.17) is 10.1 Å². The van der Waals surface area contributed by atoms with Gasteiger partial charge in [-0.25, -0.2) is 9.18 Å². The molecule has 0 saturated heterocycles. The zero-order valence-corrected chi connectivity index (χ0v) is 13.4. The lowest BCUT2D eigenvalue weighted by atomic mass is 9.92. The number of hydrogen-bond donors (Lipinski definition) is 1. The van der Waals surface area contributed by atoms with Gasteiger partial charge < -0.3 is 5.11 Å². The van der Waals surface area contributed by atoms with Gasteiger partial charge in [0, 0.05) is 28.5 Å². The average Bonchev–Trinajstić information content (AvgIpc) is 3.44. The smallest absolute Gasteiger partial charge is 0.328 e. The molecule has 0 spiro atoms. The first-order valence-corrected chi connectivity index (χ1v) is 8.23. The average molecular weight is 333 g/mol. The second-order valence-corrected chi connectivity index (χ2v) is 6.26. The Morgan fingerprint density at radius 3 is 2.52 bits per heavy atom. The van der Waals surface area contributed by atoms with Crippen molar-refractivity contribution in [1.29, 1.82) is 0 Å². The van der Waals surface area contributed by atoms with E-state index in [-0.39, 0.29) is 5.82 Å². The summed E-state index contributed by atoms with van der Waals surface area (Å²) < 4.78 is 13.4. The second kappa shape index (κ2) is 6.13. The molecule has 0 radical (unpaired) electrons. The first-order chi connectivity index (χ1) is 12.1. The Morgan fingerprint density at radius 2 is 1.84 bits per heavy atom. The highest BCUT2D eigenvalue weighted by atomic mass is 19.1. The highest BCUT2D eigenvalue weighted by Crippen LogP contribution is 2.45. The van der Waals surface area contributed by atoms with Crippen molar-refractivity contribution < 1.29 is 14.3 Å².